The summed E-state index contributed by atoms with van der Waals surface area (Å²) in [5, 5.41) is 2.11. The Kier molecular flexibility index (Phi) is 4.18. The predicted octanol–water partition coefficient (Wildman–Crippen LogP) is 1.54. The highest BCUT2D eigenvalue weighted by Crippen LogP contribution is 2.23. The van der Waals surface area contributed by atoms with Gasteiger partial charge in [-0.2, -0.15) is 0 Å². The van der Waals surface area contributed by atoms with Crippen LogP contribution in [0.25, 0.3) is 0 Å². The topological polar surface area (TPSA) is 72.0 Å². The SMILES string of the molecule is C=S(=O)(NC(=O)Cc1cncnc1)c1cc(Cl)cs1. The molecule has 0 aliphatic heterocycles. The first-order valence-corrected chi connectivity index (χ1v) is 8.11. The van der Waals surface area contributed by atoms with Crippen molar-refractivity contribution in [2.24, 2.45) is 0 Å². The number of hydrogen-bond acceptors (Lipinski definition) is 5. The van der Waals surface area contributed by atoms with Gasteiger partial charge in [0.05, 0.1) is 21.2 Å². The first-order valence-electron chi connectivity index (χ1n) is 5.13. The summed E-state index contributed by atoms with van der Waals surface area (Å²) < 4.78 is 15.1. The highest BCUT2D eigenvalue weighted by molar-refractivity contribution is 8.00. The Morgan fingerprint density at radius 3 is 2.74 bits per heavy atom. The molecule has 1 unspecified atom stereocenters. The summed E-state index contributed by atoms with van der Waals surface area (Å²) in [7, 11) is -2.87. The van der Waals surface area contributed by atoms with Crippen molar-refractivity contribution in [1.82, 2.24) is 14.7 Å². The van der Waals surface area contributed by atoms with E-state index in [9.17, 15) is 9.00 Å². The summed E-state index contributed by atoms with van der Waals surface area (Å²) in [5.74, 6) is 3.15. The Morgan fingerprint density at radius 2 is 2.16 bits per heavy atom. The fourth-order valence-electron chi connectivity index (χ4n) is 1.34. The molecule has 1 atom stereocenters. The normalized spacial score (nSPS) is 13.7. The molecular formula is C11H10ClN3O2S2. The van der Waals surface area contributed by atoms with Crippen LogP contribution in [0, 0.1) is 0 Å². The van der Waals surface area contributed by atoms with Crippen LogP contribution in [-0.4, -0.2) is 26.0 Å². The number of carbonyl (C=O) groups is 1. The molecular weight excluding hydrogens is 306 g/mol. The Labute approximate surface area is 119 Å². The Hall–Kier alpha value is -1.44. The van der Waals surface area contributed by atoms with E-state index < -0.39 is 15.6 Å². The van der Waals surface area contributed by atoms with Crippen LogP contribution in [0.5, 0.6) is 0 Å². The summed E-state index contributed by atoms with van der Waals surface area (Å²) in [6.45, 7) is 0. The van der Waals surface area contributed by atoms with Crippen molar-refractivity contribution in [1.29, 1.82) is 0 Å². The number of nitrogens with zero attached hydrogens (tertiary/aromatic N) is 2. The molecule has 2 rings (SSSR count). The molecule has 8 heteroatoms. The number of amides is 1. The standard InChI is InChI=1S/C11H10ClN3O2S2/c1-19(17,11-3-9(12)6-18-11)15-10(16)2-8-4-13-7-14-5-8/h3-7H,1-2H2,(H,15,16,17). The van der Waals surface area contributed by atoms with Gasteiger partial charge in [-0.25, -0.2) is 14.2 Å². The molecule has 0 aromatic carbocycles. The lowest BCUT2D eigenvalue weighted by molar-refractivity contribution is -0.118. The molecule has 19 heavy (non-hydrogen) atoms. The lowest BCUT2D eigenvalue weighted by Crippen LogP contribution is -2.31. The average Bonchev–Trinajstić information content (AvgIpc) is 2.77. The second-order valence-corrected chi connectivity index (χ2v) is 7.31. The minimum absolute atomic E-state index is 0.0481. The molecule has 2 heterocycles. The van der Waals surface area contributed by atoms with E-state index in [1.165, 1.54) is 36.1 Å². The molecule has 0 spiro atoms. The monoisotopic (exact) mass is 315 g/mol. The third kappa shape index (κ3) is 3.76. The van der Waals surface area contributed by atoms with E-state index in [2.05, 4.69) is 20.6 Å². The Balaban J connectivity index is 2.07. The molecule has 1 N–H and O–H groups in total. The minimum atomic E-state index is -2.87. The fourth-order valence-corrected chi connectivity index (χ4v) is 3.96. The van der Waals surface area contributed by atoms with Crippen LogP contribution in [0.2, 0.25) is 5.02 Å². The number of thiophene rings is 1. The molecule has 0 aliphatic rings. The maximum absolute atomic E-state index is 12.3. The molecule has 2 aromatic heterocycles. The van der Waals surface area contributed by atoms with E-state index >= 15 is 0 Å². The van der Waals surface area contributed by atoms with E-state index in [-0.39, 0.29) is 6.42 Å². The van der Waals surface area contributed by atoms with Crippen LogP contribution >= 0.6 is 22.9 Å². The van der Waals surface area contributed by atoms with Gasteiger partial charge in [-0.3, -0.25) is 9.52 Å². The van der Waals surface area contributed by atoms with Gasteiger partial charge in [-0.1, -0.05) is 11.6 Å². The first kappa shape index (κ1) is 14.0. The maximum atomic E-state index is 12.3. The van der Waals surface area contributed by atoms with Gasteiger partial charge in [0.1, 0.15) is 10.5 Å². The molecule has 2 aromatic rings. The van der Waals surface area contributed by atoms with Gasteiger partial charge in [-0.15, -0.1) is 11.3 Å². The largest absolute Gasteiger partial charge is 0.278 e. The zero-order valence-electron chi connectivity index (χ0n) is 9.71. The summed E-state index contributed by atoms with van der Waals surface area (Å²) in [5.41, 5.74) is 0.638. The number of aromatic nitrogens is 2. The summed E-state index contributed by atoms with van der Waals surface area (Å²) in [6, 6.07) is 1.54. The van der Waals surface area contributed by atoms with Crippen molar-refractivity contribution in [3.8, 4) is 0 Å². The molecule has 0 saturated heterocycles. The van der Waals surface area contributed by atoms with Crippen LogP contribution in [-0.2, 0) is 20.9 Å². The third-order valence-corrected chi connectivity index (χ3v) is 5.62. The van der Waals surface area contributed by atoms with Gasteiger partial charge in [-0.05, 0) is 17.5 Å². The first-order chi connectivity index (χ1) is 8.97. The number of hydrogen-bond donors (Lipinski definition) is 1. The Bertz CT molecular complexity index is 683. The van der Waals surface area contributed by atoms with Crippen LogP contribution in [0.4, 0.5) is 0 Å². The summed E-state index contributed by atoms with van der Waals surface area (Å²) in [4.78, 5) is 19.4. The lowest BCUT2D eigenvalue weighted by atomic mass is 10.2. The lowest BCUT2D eigenvalue weighted by Gasteiger charge is -2.09. The summed E-state index contributed by atoms with van der Waals surface area (Å²) in [6.07, 6.45) is 4.48. The van der Waals surface area contributed by atoms with Gasteiger partial charge in [0.2, 0.25) is 5.91 Å². The smallest absolute Gasteiger partial charge is 0.235 e. The van der Waals surface area contributed by atoms with Gasteiger partial charge in [0.25, 0.3) is 0 Å². The van der Waals surface area contributed by atoms with E-state index in [0.717, 1.165) is 0 Å². The maximum Gasteiger partial charge on any atom is 0.235 e. The third-order valence-electron chi connectivity index (χ3n) is 2.13. The number of nitrogens with one attached hydrogen (secondary N) is 1. The number of halogens is 1. The fraction of sp³-hybridized carbons (Fsp3) is 0.0909. The molecule has 1 amide bonds. The number of carbonyl (C=O) groups excluding carboxylic acids is 1. The van der Waals surface area contributed by atoms with Crippen molar-refractivity contribution in [3.63, 3.8) is 0 Å². The van der Waals surface area contributed by atoms with Crippen LogP contribution < -0.4 is 4.72 Å². The average molecular weight is 316 g/mol. The molecule has 0 aliphatic carbocycles. The van der Waals surface area contributed by atoms with E-state index in [1.54, 1.807) is 5.38 Å². The van der Waals surface area contributed by atoms with E-state index in [0.29, 0.717) is 14.8 Å². The van der Waals surface area contributed by atoms with Crippen molar-refractivity contribution in [2.45, 2.75) is 10.6 Å². The van der Waals surface area contributed by atoms with Gasteiger partial charge in [0, 0.05) is 17.8 Å². The molecule has 0 fully saturated rings. The molecule has 0 radical (unpaired) electrons. The zero-order chi connectivity index (χ0) is 13.9. The van der Waals surface area contributed by atoms with Crippen LogP contribution in [0.1, 0.15) is 5.56 Å². The van der Waals surface area contributed by atoms with Crippen LogP contribution in [0.3, 0.4) is 0 Å². The van der Waals surface area contributed by atoms with Crippen molar-refractivity contribution >= 4 is 44.4 Å². The van der Waals surface area contributed by atoms with Crippen LogP contribution in [0.15, 0.2) is 34.4 Å². The quantitative estimate of drug-likeness (QED) is 0.869. The van der Waals surface area contributed by atoms with Crippen molar-refractivity contribution < 1.29 is 9.00 Å². The van der Waals surface area contributed by atoms with Gasteiger partial charge >= 0.3 is 0 Å². The number of rotatable bonds is 4. The van der Waals surface area contributed by atoms with E-state index in [4.69, 9.17) is 11.6 Å². The molecule has 5 nitrogen and oxygen atoms in total. The second kappa shape index (κ2) is 5.68. The Morgan fingerprint density at radius 1 is 1.47 bits per heavy atom. The molecule has 0 bridgehead atoms. The van der Waals surface area contributed by atoms with Crippen molar-refractivity contribution in [3.05, 3.63) is 40.8 Å². The second-order valence-electron chi connectivity index (χ2n) is 3.71. The van der Waals surface area contributed by atoms with Crippen molar-refractivity contribution in [2.75, 3.05) is 0 Å². The van der Waals surface area contributed by atoms with Gasteiger partial charge < -0.3 is 0 Å². The predicted molar refractivity (Wildman–Crippen MR) is 76.7 cm³/mol. The zero-order valence-corrected chi connectivity index (χ0v) is 12.1. The minimum Gasteiger partial charge on any atom is -0.278 e. The molecule has 100 valence electrons. The van der Waals surface area contributed by atoms with Gasteiger partial charge in [0.15, 0.2) is 0 Å². The summed E-state index contributed by atoms with van der Waals surface area (Å²) >= 11 is 6.96. The molecule has 0 saturated carbocycles. The van der Waals surface area contributed by atoms with E-state index in [1.807, 2.05) is 0 Å². The highest BCUT2D eigenvalue weighted by atomic mass is 35.5. The highest BCUT2D eigenvalue weighted by Gasteiger charge is 2.14.